The number of sulfonamides is 1. The molecule has 1 saturated heterocycles. The molecule has 3 aromatic carbocycles. The minimum absolute atomic E-state index is 0.0150. The van der Waals surface area contributed by atoms with Crippen LogP contribution in [0.2, 0.25) is 0 Å². The van der Waals surface area contributed by atoms with Gasteiger partial charge >= 0.3 is 0 Å². The molecule has 1 aliphatic heterocycles. The summed E-state index contributed by atoms with van der Waals surface area (Å²) < 4.78 is 40.7. The van der Waals surface area contributed by atoms with Crippen molar-refractivity contribution in [2.24, 2.45) is 5.41 Å². The lowest BCUT2D eigenvalue weighted by Gasteiger charge is -2.38. The maximum absolute atomic E-state index is 13.5. The van der Waals surface area contributed by atoms with E-state index in [2.05, 4.69) is 53.1 Å². The molecule has 0 bridgehead atoms. The first-order valence-electron chi connectivity index (χ1n) is 14.0. The molecule has 8 nitrogen and oxygen atoms in total. The number of carbonyl (C=O) groups is 3. The zero-order valence-electron chi connectivity index (χ0n) is 24.7. The monoisotopic (exact) mass is 605 g/mol. The summed E-state index contributed by atoms with van der Waals surface area (Å²) in [5, 5.41) is 3.18. The number of aryl methyl sites for hydroxylation is 1. The molecule has 3 aromatic rings. The Morgan fingerprint density at radius 3 is 2.23 bits per heavy atom. The highest BCUT2D eigenvalue weighted by molar-refractivity contribution is 7.92. The second kappa shape index (κ2) is 13.0. The first-order chi connectivity index (χ1) is 20.3. The summed E-state index contributed by atoms with van der Waals surface area (Å²) in [4.78, 5) is 37.3. The number of Topliss-reactive ketones (excluding diaryl/α,β-unsaturated/α-hetero) is 1. The predicted molar refractivity (Wildman–Crippen MR) is 166 cm³/mol. The molecule has 0 spiro atoms. The van der Waals surface area contributed by atoms with Gasteiger partial charge in [0.2, 0.25) is 0 Å². The smallest absolute Gasteiger partial charge is 0.261 e. The molecule has 0 saturated carbocycles. The van der Waals surface area contributed by atoms with Gasteiger partial charge in [0, 0.05) is 42.5 Å². The fourth-order valence-corrected chi connectivity index (χ4v) is 6.10. The Bertz CT molecular complexity index is 1650. The first kappa shape index (κ1) is 31.8. The van der Waals surface area contributed by atoms with Crippen molar-refractivity contribution in [1.29, 1.82) is 0 Å². The largest absolute Gasteiger partial charge is 0.371 e. The molecule has 226 valence electrons. The van der Waals surface area contributed by atoms with Crippen LogP contribution >= 0.6 is 0 Å². The van der Waals surface area contributed by atoms with Crippen molar-refractivity contribution in [2.75, 3.05) is 29.8 Å². The number of benzene rings is 3. The van der Waals surface area contributed by atoms with Gasteiger partial charge in [0.25, 0.3) is 10.0 Å². The molecule has 1 aliphatic carbocycles. The van der Waals surface area contributed by atoms with E-state index in [-0.39, 0.29) is 33.6 Å². The Morgan fingerprint density at radius 2 is 1.63 bits per heavy atom. The third-order valence-corrected chi connectivity index (χ3v) is 8.96. The van der Waals surface area contributed by atoms with E-state index in [1.165, 1.54) is 55.4 Å². The number of nitrogens with one attached hydrogen (secondary N) is 2. The summed E-state index contributed by atoms with van der Waals surface area (Å²) in [5.74, 6) is -1.89. The van der Waals surface area contributed by atoms with Crippen LogP contribution in [-0.2, 0) is 21.4 Å². The maximum Gasteiger partial charge on any atom is 0.261 e. The Morgan fingerprint density at radius 1 is 0.953 bits per heavy atom. The number of hydrogen-bond donors (Lipinski definition) is 2. The minimum Gasteiger partial charge on any atom is -0.371 e. The molecule has 2 N–H and O–H groups in total. The molecule has 2 aliphatic rings. The Hall–Kier alpha value is -4.15. The summed E-state index contributed by atoms with van der Waals surface area (Å²) in [6, 6.07) is 16.1. The molecule has 0 amide bonds. The van der Waals surface area contributed by atoms with E-state index in [0.29, 0.717) is 11.0 Å². The number of allylic oxidation sites excluding steroid dienone is 2. The van der Waals surface area contributed by atoms with Gasteiger partial charge in [-0.2, -0.15) is 0 Å². The van der Waals surface area contributed by atoms with Gasteiger partial charge in [-0.25, -0.2) is 12.8 Å². The average molecular weight is 606 g/mol. The lowest BCUT2D eigenvalue weighted by molar-refractivity contribution is -0.104. The number of nitrogens with zero attached hydrogens (tertiary/aromatic N) is 1. The molecule has 43 heavy (non-hydrogen) atoms. The van der Waals surface area contributed by atoms with Crippen molar-refractivity contribution in [3.05, 3.63) is 100 Å². The van der Waals surface area contributed by atoms with Crippen LogP contribution in [0.4, 0.5) is 15.8 Å². The summed E-state index contributed by atoms with van der Waals surface area (Å²) in [6.07, 6.45) is 3.76. The Balaban J connectivity index is 0.000000215. The molecular formula is C33H36FN3O5S. The van der Waals surface area contributed by atoms with Crippen molar-refractivity contribution in [1.82, 2.24) is 5.32 Å². The van der Waals surface area contributed by atoms with Crippen molar-refractivity contribution >= 4 is 39.3 Å². The van der Waals surface area contributed by atoms with Crippen molar-refractivity contribution in [2.45, 2.75) is 45.1 Å². The number of rotatable bonds is 7. The molecule has 0 radical (unpaired) electrons. The lowest BCUT2D eigenvalue weighted by Crippen LogP contribution is -2.37. The van der Waals surface area contributed by atoms with Gasteiger partial charge in [-0.3, -0.25) is 19.1 Å². The zero-order valence-corrected chi connectivity index (χ0v) is 25.6. The third kappa shape index (κ3) is 7.82. The van der Waals surface area contributed by atoms with E-state index in [4.69, 9.17) is 0 Å². The molecule has 10 heteroatoms. The van der Waals surface area contributed by atoms with E-state index < -0.39 is 27.4 Å². The highest BCUT2D eigenvalue weighted by Gasteiger charge is 2.28. The van der Waals surface area contributed by atoms with Crippen LogP contribution in [0.5, 0.6) is 0 Å². The third-order valence-electron chi connectivity index (χ3n) is 7.58. The highest BCUT2D eigenvalue weighted by atomic mass is 32.2. The van der Waals surface area contributed by atoms with Crippen LogP contribution < -0.4 is 14.9 Å². The maximum atomic E-state index is 13.5. The van der Waals surface area contributed by atoms with Crippen LogP contribution in [0.15, 0.2) is 77.2 Å². The fraction of sp³-hybridized carbons (Fsp3) is 0.303. The SMILES string of the molecule is CNCc1ccc(N2CCC(C)(C)CC2)cc1.Cc1cc(F)cc(NS(=O)(=O)c2ccc3c(c2)C(=O)C(C=O)=CC3=O)c1. The average Bonchev–Trinajstić information content (AvgIpc) is 2.95. The molecule has 1 heterocycles. The number of carbonyl (C=O) groups excluding carboxylic acids is 3. The van der Waals surface area contributed by atoms with Gasteiger partial charge in [0.15, 0.2) is 17.9 Å². The number of fused-ring (bicyclic) bond motifs is 1. The number of piperidine rings is 1. The second-order valence-electron chi connectivity index (χ2n) is 11.6. The number of anilines is 2. The van der Waals surface area contributed by atoms with E-state index in [1.807, 2.05) is 7.05 Å². The summed E-state index contributed by atoms with van der Waals surface area (Å²) >= 11 is 0. The summed E-state index contributed by atoms with van der Waals surface area (Å²) in [6.45, 7) is 9.70. The van der Waals surface area contributed by atoms with E-state index >= 15 is 0 Å². The first-order valence-corrected chi connectivity index (χ1v) is 15.5. The van der Waals surface area contributed by atoms with Gasteiger partial charge in [-0.15, -0.1) is 0 Å². The summed E-state index contributed by atoms with van der Waals surface area (Å²) in [5.41, 5.74) is 3.31. The summed E-state index contributed by atoms with van der Waals surface area (Å²) in [7, 11) is -2.15. The highest BCUT2D eigenvalue weighted by Crippen LogP contribution is 2.32. The predicted octanol–water partition coefficient (Wildman–Crippen LogP) is 5.47. The van der Waals surface area contributed by atoms with Crippen molar-refractivity contribution in [3.8, 4) is 0 Å². The van der Waals surface area contributed by atoms with Crippen LogP contribution in [0.1, 0.15) is 58.5 Å². The van der Waals surface area contributed by atoms with Crippen LogP contribution in [-0.4, -0.2) is 46.4 Å². The second-order valence-corrected chi connectivity index (χ2v) is 13.3. The Labute approximate surface area is 252 Å². The molecule has 1 fully saturated rings. The van der Waals surface area contributed by atoms with Gasteiger partial charge in [-0.1, -0.05) is 26.0 Å². The molecule has 0 unspecified atom stereocenters. The zero-order chi connectivity index (χ0) is 31.4. The minimum atomic E-state index is -4.13. The van der Waals surface area contributed by atoms with Crippen LogP contribution in [0.3, 0.4) is 0 Å². The quantitative estimate of drug-likeness (QED) is 0.271. The molecule has 5 rings (SSSR count). The number of aldehydes is 1. The molecule has 0 atom stereocenters. The topological polar surface area (TPSA) is 113 Å². The van der Waals surface area contributed by atoms with Gasteiger partial charge in [-0.05, 0) is 91.9 Å². The van der Waals surface area contributed by atoms with E-state index in [1.54, 1.807) is 6.92 Å². The van der Waals surface area contributed by atoms with E-state index in [9.17, 15) is 27.2 Å². The van der Waals surface area contributed by atoms with Crippen molar-refractivity contribution in [3.63, 3.8) is 0 Å². The normalized spacial score (nSPS) is 16.0. The number of halogens is 1. The molecular weight excluding hydrogens is 569 g/mol. The number of hydrogen-bond acceptors (Lipinski definition) is 7. The number of ketones is 2. The van der Waals surface area contributed by atoms with Gasteiger partial charge in [0.05, 0.1) is 16.2 Å². The fourth-order valence-electron chi connectivity index (χ4n) is 5.03. The van der Waals surface area contributed by atoms with Crippen molar-refractivity contribution < 1.29 is 27.2 Å². The van der Waals surface area contributed by atoms with Gasteiger partial charge in [0.1, 0.15) is 5.82 Å². The van der Waals surface area contributed by atoms with Gasteiger partial charge < -0.3 is 10.2 Å². The standard InChI is InChI=1S/C18H12FNO5S.C15H24N2/c1-10-4-12(19)7-13(5-10)20-26(24,25)14-2-3-15-16(8-14)18(23)11(9-21)6-17(15)22;1-15(2)8-10-17(11-9-15)14-6-4-13(5-7-14)12-16-3/h2-9,20H,1H3;4-7,16H,8-12H2,1-3H3. The van der Waals surface area contributed by atoms with E-state index in [0.717, 1.165) is 30.8 Å². The lowest BCUT2D eigenvalue weighted by atomic mass is 9.82. The molecule has 0 aromatic heterocycles. The van der Waals surface area contributed by atoms with Crippen LogP contribution in [0, 0.1) is 18.2 Å². The van der Waals surface area contributed by atoms with Crippen LogP contribution in [0.25, 0.3) is 0 Å². The Kier molecular flexibility index (Phi) is 9.62.